The van der Waals surface area contributed by atoms with Crippen LogP contribution < -0.4 is 11.1 Å². The molecule has 118 valence electrons. The Labute approximate surface area is 132 Å². The van der Waals surface area contributed by atoms with Gasteiger partial charge in [0.05, 0.1) is 5.56 Å². The third-order valence-corrected chi connectivity index (χ3v) is 2.58. The van der Waals surface area contributed by atoms with Crippen molar-refractivity contribution >= 4 is 17.4 Å². The van der Waals surface area contributed by atoms with Gasteiger partial charge in [0.15, 0.2) is 5.78 Å². The molecule has 2 aromatic carbocycles. The van der Waals surface area contributed by atoms with Crippen molar-refractivity contribution in [2.45, 2.75) is 20.8 Å². The zero-order valence-electron chi connectivity index (χ0n) is 13.6. The molecule has 0 aromatic heterocycles. The number of nitrogens with two attached hydrogens (primary N) is 1. The predicted molar refractivity (Wildman–Crippen MR) is 92.3 cm³/mol. The summed E-state index contributed by atoms with van der Waals surface area (Å²) >= 11 is 0. The smallest absolute Gasteiger partial charge is 0.256 e. The van der Waals surface area contributed by atoms with Crippen molar-refractivity contribution in [1.82, 2.24) is 0 Å². The number of amides is 1. The van der Waals surface area contributed by atoms with E-state index in [2.05, 4.69) is 11.1 Å². The van der Waals surface area contributed by atoms with Crippen molar-refractivity contribution in [2.24, 2.45) is 5.73 Å². The van der Waals surface area contributed by atoms with Gasteiger partial charge in [-0.1, -0.05) is 50.2 Å². The van der Waals surface area contributed by atoms with Gasteiger partial charge in [0.2, 0.25) is 0 Å². The van der Waals surface area contributed by atoms with E-state index in [1.54, 1.807) is 36.4 Å². The number of carbonyl (C=O) groups is 2. The van der Waals surface area contributed by atoms with E-state index in [1.165, 1.54) is 14.0 Å². The molecule has 0 fully saturated rings. The fourth-order valence-electron chi connectivity index (χ4n) is 1.71. The lowest BCUT2D eigenvalue weighted by molar-refractivity contribution is 0.0985. The van der Waals surface area contributed by atoms with Crippen molar-refractivity contribution in [3.8, 4) is 0 Å². The summed E-state index contributed by atoms with van der Waals surface area (Å²) in [5.41, 5.74) is 6.04. The number of rotatable bonds is 3. The van der Waals surface area contributed by atoms with Crippen LogP contribution in [0.25, 0.3) is 0 Å². The zero-order chi connectivity index (χ0) is 17.0. The van der Waals surface area contributed by atoms with E-state index >= 15 is 0 Å². The Hall–Kier alpha value is -2.46. The minimum atomic E-state index is -0.271. The number of nitrogens with one attached hydrogen (secondary N) is 1. The first-order valence-electron chi connectivity index (χ1n) is 7.22. The van der Waals surface area contributed by atoms with Gasteiger partial charge in [-0.2, -0.15) is 0 Å². The third kappa shape index (κ3) is 5.89. The van der Waals surface area contributed by atoms with Gasteiger partial charge in [-0.15, -0.1) is 0 Å². The number of carbonyl (C=O) groups excluding carboxylic acids is 2. The molecule has 2 aromatic rings. The van der Waals surface area contributed by atoms with Crippen LogP contribution in [-0.4, -0.2) is 18.7 Å². The highest BCUT2D eigenvalue weighted by Crippen LogP contribution is 2.13. The highest BCUT2D eigenvalue weighted by Gasteiger charge is 2.13. The van der Waals surface area contributed by atoms with Gasteiger partial charge in [0.25, 0.3) is 5.91 Å². The Morgan fingerprint density at radius 3 is 1.77 bits per heavy atom. The topological polar surface area (TPSA) is 72.2 Å². The first kappa shape index (κ1) is 19.5. The maximum Gasteiger partial charge on any atom is 0.256 e. The van der Waals surface area contributed by atoms with Gasteiger partial charge in [-0.05, 0) is 32.2 Å². The first-order chi connectivity index (χ1) is 10.7. The number of hydrogen-bond acceptors (Lipinski definition) is 3. The lowest BCUT2D eigenvalue weighted by atomic mass is 10.0. The lowest BCUT2D eigenvalue weighted by Crippen LogP contribution is -2.15. The summed E-state index contributed by atoms with van der Waals surface area (Å²) in [5, 5.41) is 2.76. The third-order valence-electron chi connectivity index (χ3n) is 2.58. The Balaban J connectivity index is 0.00000102. The summed E-state index contributed by atoms with van der Waals surface area (Å²) in [6, 6.07) is 15.9. The summed E-state index contributed by atoms with van der Waals surface area (Å²) < 4.78 is 0. The molecule has 4 nitrogen and oxygen atoms in total. The molecule has 2 rings (SSSR count). The molecule has 4 heteroatoms. The maximum atomic E-state index is 12.1. The number of Topliss-reactive ketones (excluding diaryl/α,β-unsaturated/α-hetero) is 1. The highest BCUT2D eigenvalue weighted by atomic mass is 16.2. The van der Waals surface area contributed by atoms with E-state index in [9.17, 15) is 9.59 Å². The van der Waals surface area contributed by atoms with E-state index in [-0.39, 0.29) is 11.7 Å². The van der Waals surface area contributed by atoms with Crippen molar-refractivity contribution in [2.75, 3.05) is 12.4 Å². The van der Waals surface area contributed by atoms with Crippen LogP contribution in [0.15, 0.2) is 54.6 Å². The quantitative estimate of drug-likeness (QED) is 0.848. The number of benzene rings is 2. The molecule has 0 unspecified atom stereocenters. The molecule has 0 bridgehead atoms. The van der Waals surface area contributed by atoms with Crippen LogP contribution in [0.4, 0.5) is 5.69 Å². The maximum absolute atomic E-state index is 12.1. The van der Waals surface area contributed by atoms with E-state index in [0.29, 0.717) is 16.8 Å². The molecule has 0 aliphatic carbocycles. The fourth-order valence-corrected chi connectivity index (χ4v) is 1.71. The fraction of sp³-hybridized carbons (Fsp3) is 0.222. The molecule has 0 aliphatic heterocycles. The Bertz CT molecular complexity index is 581. The SMILES string of the molecule is CC.CC(=O)c1ccccc1C(=O)Nc1ccccc1.CN. The van der Waals surface area contributed by atoms with Crippen LogP contribution in [-0.2, 0) is 0 Å². The van der Waals surface area contributed by atoms with Gasteiger partial charge in [-0.3, -0.25) is 9.59 Å². The number of para-hydroxylation sites is 1. The molecule has 1 amide bonds. The molecule has 0 atom stereocenters. The molecule has 0 aliphatic rings. The van der Waals surface area contributed by atoms with Crippen molar-refractivity contribution in [3.05, 3.63) is 65.7 Å². The van der Waals surface area contributed by atoms with Gasteiger partial charge >= 0.3 is 0 Å². The standard InChI is InChI=1S/C15H13NO2.C2H6.CH5N/c1-11(17)13-9-5-6-10-14(13)15(18)16-12-7-3-2-4-8-12;2*1-2/h2-10H,1H3,(H,16,18);1-2H3;2H2,1H3. The van der Waals surface area contributed by atoms with Crippen molar-refractivity contribution in [1.29, 1.82) is 0 Å². The molecule has 3 N–H and O–H groups in total. The van der Waals surface area contributed by atoms with Gasteiger partial charge in [0, 0.05) is 11.3 Å². The van der Waals surface area contributed by atoms with Crippen LogP contribution in [0, 0.1) is 0 Å². The second kappa shape index (κ2) is 11.2. The van der Waals surface area contributed by atoms with Gasteiger partial charge < -0.3 is 11.1 Å². The average Bonchev–Trinajstić information content (AvgIpc) is 2.59. The molecule has 0 saturated carbocycles. The molecule has 0 heterocycles. The minimum Gasteiger partial charge on any atom is -0.333 e. The average molecular weight is 300 g/mol. The zero-order valence-corrected chi connectivity index (χ0v) is 13.6. The normalized spacial score (nSPS) is 8.59. The van der Waals surface area contributed by atoms with E-state index < -0.39 is 0 Å². The molecular weight excluding hydrogens is 276 g/mol. The summed E-state index contributed by atoms with van der Waals surface area (Å²) in [6.45, 7) is 5.45. The highest BCUT2D eigenvalue weighted by molar-refractivity contribution is 6.12. The van der Waals surface area contributed by atoms with Gasteiger partial charge in [0.1, 0.15) is 0 Å². The van der Waals surface area contributed by atoms with Crippen LogP contribution in [0.2, 0.25) is 0 Å². The Morgan fingerprint density at radius 2 is 1.27 bits per heavy atom. The largest absolute Gasteiger partial charge is 0.333 e. The van der Waals surface area contributed by atoms with E-state index in [4.69, 9.17) is 0 Å². The van der Waals surface area contributed by atoms with Gasteiger partial charge in [-0.25, -0.2) is 0 Å². The minimum absolute atomic E-state index is 0.117. The molecule has 0 spiro atoms. The number of anilines is 1. The van der Waals surface area contributed by atoms with E-state index in [1.807, 2.05) is 32.0 Å². The van der Waals surface area contributed by atoms with Crippen molar-refractivity contribution < 1.29 is 9.59 Å². The van der Waals surface area contributed by atoms with Crippen LogP contribution >= 0.6 is 0 Å². The molecule has 22 heavy (non-hydrogen) atoms. The monoisotopic (exact) mass is 300 g/mol. The second-order valence-corrected chi connectivity index (χ2v) is 3.92. The Kier molecular flexibility index (Phi) is 9.97. The molecule has 0 saturated heterocycles. The predicted octanol–water partition coefficient (Wildman–Crippen LogP) is 3.74. The Morgan fingerprint density at radius 1 is 0.818 bits per heavy atom. The van der Waals surface area contributed by atoms with Crippen LogP contribution in [0.3, 0.4) is 0 Å². The molecular formula is C18H24N2O2. The summed E-state index contributed by atoms with van der Waals surface area (Å²) in [6.07, 6.45) is 0. The van der Waals surface area contributed by atoms with Crippen molar-refractivity contribution in [3.63, 3.8) is 0 Å². The van der Waals surface area contributed by atoms with E-state index in [0.717, 1.165) is 0 Å². The van der Waals surface area contributed by atoms with Crippen LogP contribution in [0.1, 0.15) is 41.5 Å². The number of ketones is 1. The molecule has 0 radical (unpaired) electrons. The summed E-state index contributed by atoms with van der Waals surface area (Å²) in [5.74, 6) is -0.388. The van der Waals surface area contributed by atoms with Crippen LogP contribution in [0.5, 0.6) is 0 Å². The number of hydrogen-bond donors (Lipinski definition) is 2. The summed E-state index contributed by atoms with van der Waals surface area (Å²) in [4.78, 5) is 23.5. The first-order valence-corrected chi connectivity index (χ1v) is 7.22. The summed E-state index contributed by atoms with van der Waals surface area (Å²) in [7, 11) is 1.50. The lowest BCUT2D eigenvalue weighted by Gasteiger charge is -2.07. The second-order valence-electron chi connectivity index (χ2n) is 3.92.